The molecule has 0 radical (unpaired) electrons. The Bertz CT molecular complexity index is 547. The first-order valence-electron chi connectivity index (χ1n) is 7.05. The minimum atomic E-state index is 0.679. The molecule has 1 aromatic heterocycles. The molecule has 0 spiro atoms. The summed E-state index contributed by atoms with van der Waals surface area (Å²) in [4.78, 5) is 6.87. The smallest absolute Gasteiger partial charge is 0.0704 e. The molecule has 1 aromatic carbocycles. The Hall–Kier alpha value is -1.45. The molecule has 0 bridgehead atoms. The van der Waals surface area contributed by atoms with Gasteiger partial charge in [-0.2, -0.15) is 0 Å². The van der Waals surface area contributed by atoms with E-state index >= 15 is 0 Å². The Morgan fingerprint density at radius 1 is 1.32 bits per heavy atom. The average Bonchev–Trinajstić information content (AvgIpc) is 2.63. The van der Waals surface area contributed by atoms with Gasteiger partial charge >= 0.3 is 0 Å². The van der Waals surface area contributed by atoms with E-state index in [2.05, 4.69) is 46.5 Å². The van der Waals surface area contributed by atoms with E-state index in [0.29, 0.717) is 5.92 Å². The van der Waals surface area contributed by atoms with Gasteiger partial charge in [-0.05, 0) is 43.6 Å². The lowest BCUT2D eigenvalue weighted by Gasteiger charge is -2.20. The summed E-state index contributed by atoms with van der Waals surface area (Å²) in [5, 5.41) is 4.84. The summed E-state index contributed by atoms with van der Waals surface area (Å²) in [6, 6.07) is 10.7. The molecular formula is C16H21N3. The third-order valence-electron chi connectivity index (χ3n) is 3.92. The van der Waals surface area contributed by atoms with Crippen molar-refractivity contribution in [1.29, 1.82) is 0 Å². The van der Waals surface area contributed by atoms with Gasteiger partial charge in [0.25, 0.3) is 0 Å². The topological polar surface area (TPSA) is 28.2 Å². The molecule has 1 unspecified atom stereocenters. The fraction of sp³-hybridized carbons (Fsp3) is 0.438. The van der Waals surface area contributed by atoms with Crippen LogP contribution in [0.2, 0.25) is 0 Å². The van der Waals surface area contributed by atoms with Crippen LogP contribution >= 0.6 is 0 Å². The van der Waals surface area contributed by atoms with Crippen molar-refractivity contribution in [2.24, 2.45) is 5.92 Å². The Balaban J connectivity index is 1.84. The van der Waals surface area contributed by atoms with E-state index in [9.17, 15) is 0 Å². The summed E-state index contributed by atoms with van der Waals surface area (Å²) in [7, 11) is 2.21. The highest BCUT2D eigenvalue weighted by molar-refractivity contribution is 5.81. The Kier molecular flexibility index (Phi) is 3.76. The fourth-order valence-electron chi connectivity index (χ4n) is 2.97. The van der Waals surface area contributed by atoms with Gasteiger partial charge in [-0.1, -0.05) is 18.2 Å². The van der Waals surface area contributed by atoms with Gasteiger partial charge in [0.15, 0.2) is 0 Å². The zero-order valence-corrected chi connectivity index (χ0v) is 11.5. The molecule has 1 aliphatic heterocycles. The predicted molar refractivity (Wildman–Crippen MR) is 79.3 cm³/mol. The Labute approximate surface area is 114 Å². The first kappa shape index (κ1) is 12.6. The van der Waals surface area contributed by atoms with E-state index in [1.54, 1.807) is 0 Å². The molecule has 3 rings (SSSR count). The molecule has 19 heavy (non-hydrogen) atoms. The highest BCUT2D eigenvalue weighted by atomic mass is 15.1. The van der Waals surface area contributed by atoms with Crippen LogP contribution in [0.15, 0.2) is 36.5 Å². The van der Waals surface area contributed by atoms with Crippen molar-refractivity contribution < 1.29 is 0 Å². The first-order chi connectivity index (χ1) is 9.33. The van der Waals surface area contributed by atoms with Gasteiger partial charge in [0.1, 0.15) is 0 Å². The van der Waals surface area contributed by atoms with Crippen LogP contribution in [0.25, 0.3) is 10.9 Å². The van der Waals surface area contributed by atoms with Crippen molar-refractivity contribution in [1.82, 2.24) is 15.2 Å². The standard InChI is InChI=1S/C16H21N3/c1-19-9-8-17-11-13(12-19)10-14-4-2-6-16-15(14)5-3-7-18-16/h2-7,13,17H,8-12H2,1H3. The average molecular weight is 255 g/mol. The van der Waals surface area contributed by atoms with Crippen LogP contribution < -0.4 is 5.32 Å². The number of hydrogen-bond acceptors (Lipinski definition) is 3. The normalized spacial score (nSPS) is 21.4. The lowest BCUT2D eigenvalue weighted by atomic mass is 9.96. The number of likely N-dealkylation sites (N-methyl/N-ethyl adjacent to an activating group) is 1. The number of hydrogen-bond donors (Lipinski definition) is 1. The zero-order chi connectivity index (χ0) is 13.1. The molecule has 1 N–H and O–H groups in total. The number of rotatable bonds is 2. The van der Waals surface area contributed by atoms with Crippen molar-refractivity contribution in [3.63, 3.8) is 0 Å². The quantitative estimate of drug-likeness (QED) is 0.889. The summed E-state index contributed by atoms with van der Waals surface area (Å²) < 4.78 is 0. The molecule has 0 amide bonds. The summed E-state index contributed by atoms with van der Waals surface area (Å²) >= 11 is 0. The van der Waals surface area contributed by atoms with Crippen molar-refractivity contribution in [2.75, 3.05) is 33.2 Å². The maximum absolute atomic E-state index is 4.44. The second-order valence-corrected chi connectivity index (χ2v) is 5.52. The molecule has 100 valence electrons. The van der Waals surface area contributed by atoms with Crippen LogP contribution in [0.1, 0.15) is 5.56 Å². The second kappa shape index (κ2) is 5.68. The molecule has 0 saturated carbocycles. The first-order valence-corrected chi connectivity index (χ1v) is 7.05. The number of aromatic nitrogens is 1. The maximum atomic E-state index is 4.44. The Morgan fingerprint density at radius 2 is 2.26 bits per heavy atom. The molecule has 3 nitrogen and oxygen atoms in total. The summed E-state index contributed by atoms with van der Waals surface area (Å²) in [5.74, 6) is 0.679. The van der Waals surface area contributed by atoms with Crippen LogP contribution in [0.3, 0.4) is 0 Å². The lowest BCUT2D eigenvalue weighted by molar-refractivity contribution is 0.309. The molecular weight excluding hydrogens is 234 g/mol. The van der Waals surface area contributed by atoms with Crippen molar-refractivity contribution >= 4 is 10.9 Å². The van der Waals surface area contributed by atoms with Gasteiger partial charge < -0.3 is 10.2 Å². The monoisotopic (exact) mass is 255 g/mol. The minimum Gasteiger partial charge on any atom is -0.315 e. The van der Waals surface area contributed by atoms with Crippen LogP contribution in [0.5, 0.6) is 0 Å². The van der Waals surface area contributed by atoms with E-state index in [4.69, 9.17) is 0 Å². The van der Waals surface area contributed by atoms with Crippen LogP contribution in [-0.4, -0.2) is 43.1 Å². The minimum absolute atomic E-state index is 0.679. The van der Waals surface area contributed by atoms with E-state index in [0.717, 1.165) is 31.6 Å². The number of pyridine rings is 1. The van der Waals surface area contributed by atoms with E-state index < -0.39 is 0 Å². The summed E-state index contributed by atoms with van der Waals surface area (Å²) in [5.41, 5.74) is 2.53. The number of nitrogens with zero attached hydrogens (tertiary/aromatic N) is 2. The number of fused-ring (bicyclic) bond motifs is 1. The SMILES string of the molecule is CN1CCNCC(Cc2cccc3ncccc23)C1. The molecule has 2 heterocycles. The van der Waals surface area contributed by atoms with Gasteiger partial charge in [0, 0.05) is 31.2 Å². The molecule has 2 aromatic rings. The molecule has 1 atom stereocenters. The zero-order valence-electron chi connectivity index (χ0n) is 11.5. The molecule has 1 saturated heterocycles. The maximum Gasteiger partial charge on any atom is 0.0704 e. The van der Waals surface area contributed by atoms with E-state index in [1.165, 1.54) is 17.5 Å². The molecule has 1 aliphatic rings. The molecule has 3 heteroatoms. The van der Waals surface area contributed by atoms with Gasteiger partial charge in [-0.15, -0.1) is 0 Å². The highest BCUT2D eigenvalue weighted by Crippen LogP contribution is 2.20. The van der Waals surface area contributed by atoms with Crippen LogP contribution in [0, 0.1) is 5.92 Å². The predicted octanol–water partition coefficient (Wildman–Crippen LogP) is 1.93. The Morgan fingerprint density at radius 3 is 3.21 bits per heavy atom. The molecule has 1 fully saturated rings. The third-order valence-corrected chi connectivity index (χ3v) is 3.92. The van der Waals surface area contributed by atoms with Crippen LogP contribution in [0.4, 0.5) is 0 Å². The highest BCUT2D eigenvalue weighted by Gasteiger charge is 2.16. The number of benzene rings is 1. The van der Waals surface area contributed by atoms with Gasteiger partial charge in [-0.3, -0.25) is 4.98 Å². The van der Waals surface area contributed by atoms with Gasteiger partial charge in [-0.25, -0.2) is 0 Å². The lowest BCUT2D eigenvalue weighted by Crippen LogP contribution is -2.27. The van der Waals surface area contributed by atoms with Crippen LogP contribution in [-0.2, 0) is 6.42 Å². The van der Waals surface area contributed by atoms with Crippen molar-refractivity contribution in [3.05, 3.63) is 42.1 Å². The van der Waals surface area contributed by atoms with E-state index in [-0.39, 0.29) is 0 Å². The van der Waals surface area contributed by atoms with E-state index in [1.807, 2.05) is 12.3 Å². The van der Waals surface area contributed by atoms with Gasteiger partial charge in [0.2, 0.25) is 0 Å². The molecule has 0 aliphatic carbocycles. The fourth-order valence-corrected chi connectivity index (χ4v) is 2.97. The second-order valence-electron chi connectivity index (χ2n) is 5.52. The third kappa shape index (κ3) is 2.94. The van der Waals surface area contributed by atoms with Crippen molar-refractivity contribution in [3.8, 4) is 0 Å². The van der Waals surface area contributed by atoms with Gasteiger partial charge in [0.05, 0.1) is 5.52 Å². The van der Waals surface area contributed by atoms with Crippen molar-refractivity contribution in [2.45, 2.75) is 6.42 Å². The summed E-state index contributed by atoms with van der Waals surface area (Å²) in [6.45, 7) is 4.53. The number of nitrogens with one attached hydrogen (secondary N) is 1. The largest absolute Gasteiger partial charge is 0.315 e. The summed E-state index contributed by atoms with van der Waals surface area (Å²) in [6.07, 6.45) is 2.99.